The standard InChI is InChI=1S/C8H8F2N2O2/c1-2-3-12-6(7(9)10)5(4-11-12)8(13)14/h2,4,7H,1,3H2,(H,13,14). The van der Waals surface area contributed by atoms with E-state index < -0.39 is 23.7 Å². The average Bonchev–Trinajstić information content (AvgIpc) is 2.48. The minimum Gasteiger partial charge on any atom is -0.478 e. The first-order valence-electron chi connectivity index (χ1n) is 3.76. The monoisotopic (exact) mass is 202 g/mol. The van der Waals surface area contributed by atoms with E-state index in [1.165, 1.54) is 6.08 Å². The maximum absolute atomic E-state index is 12.4. The van der Waals surface area contributed by atoms with E-state index in [4.69, 9.17) is 5.11 Å². The summed E-state index contributed by atoms with van der Waals surface area (Å²) in [7, 11) is 0. The molecule has 0 fully saturated rings. The molecule has 0 saturated heterocycles. The van der Waals surface area contributed by atoms with Gasteiger partial charge in [0.2, 0.25) is 0 Å². The zero-order chi connectivity index (χ0) is 10.7. The minimum absolute atomic E-state index is 0.0625. The Morgan fingerprint density at radius 1 is 1.79 bits per heavy atom. The van der Waals surface area contributed by atoms with Gasteiger partial charge in [0, 0.05) is 0 Å². The van der Waals surface area contributed by atoms with Crippen LogP contribution in [0.25, 0.3) is 0 Å². The van der Waals surface area contributed by atoms with Gasteiger partial charge in [0.25, 0.3) is 6.43 Å². The summed E-state index contributed by atoms with van der Waals surface area (Å²) in [6.45, 7) is 3.42. The van der Waals surface area contributed by atoms with E-state index >= 15 is 0 Å². The summed E-state index contributed by atoms with van der Waals surface area (Å²) in [6, 6.07) is 0. The van der Waals surface area contributed by atoms with E-state index in [0.29, 0.717) is 0 Å². The molecule has 1 heterocycles. The highest BCUT2D eigenvalue weighted by molar-refractivity contribution is 5.88. The van der Waals surface area contributed by atoms with Gasteiger partial charge < -0.3 is 5.11 Å². The molecule has 0 bridgehead atoms. The van der Waals surface area contributed by atoms with Gasteiger partial charge in [0.15, 0.2) is 0 Å². The van der Waals surface area contributed by atoms with Crippen LogP contribution in [-0.4, -0.2) is 20.9 Å². The van der Waals surface area contributed by atoms with Crippen molar-refractivity contribution in [2.24, 2.45) is 0 Å². The van der Waals surface area contributed by atoms with Crippen molar-refractivity contribution in [3.05, 3.63) is 30.1 Å². The van der Waals surface area contributed by atoms with Gasteiger partial charge in [-0.05, 0) is 0 Å². The number of alkyl halides is 2. The normalized spacial score (nSPS) is 10.5. The third-order valence-electron chi connectivity index (χ3n) is 1.62. The number of aromatic carboxylic acids is 1. The molecule has 0 saturated carbocycles. The molecular formula is C8H8F2N2O2. The maximum atomic E-state index is 12.4. The van der Waals surface area contributed by atoms with Gasteiger partial charge in [0.1, 0.15) is 11.3 Å². The first-order chi connectivity index (χ1) is 6.57. The lowest BCUT2D eigenvalue weighted by Crippen LogP contribution is -2.07. The highest BCUT2D eigenvalue weighted by Gasteiger charge is 2.23. The fourth-order valence-corrected chi connectivity index (χ4v) is 1.06. The van der Waals surface area contributed by atoms with E-state index in [1.54, 1.807) is 0 Å². The van der Waals surface area contributed by atoms with Crippen molar-refractivity contribution in [2.75, 3.05) is 0 Å². The summed E-state index contributed by atoms with van der Waals surface area (Å²) < 4.78 is 25.8. The minimum atomic E-state index is -2.86. The lowest BCUT2D eigenvalue weighted by molar-refractivity contribution is 0.0682. The Hall–Kier alpha value is -1.72. The number of carboxylic acid groups (broad SMARTS) is 1. The Kier molecular flexibility index (Phi) is 2.95. The van der Waals surface area contributed by atoms with Crippen LogP contribution in [-0.2, 0) is 6.54 Å². The molecule has 0 aliphatic carbocycles. The summed E-state index contributed by atoms with van der Waals surface area (Å²) in [4.78, 5) is 10.5. The van der Waals surface area contributed by atoms with E-state index in [2.05, 4.69) is 11.7 Å². The first kappa shape index (κ1) is 10.4. The van der Waals surface area contributed by atoms with E-state index in [9.17, 15) is 13.6 Å². The molecule has 0 aliphatic rings. The number of rotatable bonds is 4. The fourth-order valence-electron chi connectivity index (χ4n) is 1.06. The SMILES string of the molecule is C=CCn1ncc(C(=O)O)c1C(F)F. The molecule has 6 heteroatoms. The largest absolute Gasteiger partial charge is 0.478 e. The number of nitrogens with zero attached hydrogens (tertiary/aromatic N) is 2. The quantitative estimate of drug-likeness (QED) is 0.756. The molecule has 1 aromatic heterocycles. The average molecular weight is 202 g/mol. The fraction of sp³-hybridized carbons (Fsp3) is 0.250. The number of carboxylic acids is 1. The molecule has 1 rings (SSSR count). The van der Waals surface area contributed by atoms with Crippen LogP contribution in [0.1, 0.15) is 22.5 Å². The van der Waals surface area contributed by atoms with Crippen molar-refractivity contribution in [2.45, 2.75) is 13.0 Å². The molecular weight excluding hydrogens is 194 g/mol. The molecule has 0 aliphatic heterocycles. The molecule has 0 radical (unpaired) electrons. The Morgan fingerprint density at radius 3 is 2.86 bits per heavy atom. The molecule has 1 N–H and O–H groups in total. The molecule has 4 nitrogen and oxygen atoms in total. The smallest absolute Gasteiger partial charge is 0.339 e. The zero-order valence-corrected chi connectivity index (χ0v) is 7.15. The first-order valence-corrected chi connectivity index (χ1v) is 3.76. The number of hydrogen-bond acceptors (Lipinski definition) is 2. The van der Waals surface area contributed by atoms with Crippen molar-refractivity contribution in [1.82, 2.24) is 9.78 Å². The summed E-state index contributed by atoms with van der Waals surface area (Å²) in [5.41, 5.74) is -1.06. The number of aromatic nitrogens is 2. The van der Waals surface area contributed by atoms with Crippen molar-refractivity contribution in [3.8, 4) is 0 Å². The van der Waals surface area contributed by atoms with Gasteiger partial charge in [0.05, 0.1) is 12.7 Å². The molecule has 0 spiro atoms. The molecule has 0 aromatic carbocycles. The Labute approximate surface area is 78.5 Å². The van der Waals surface area contributed by atoms with Gasteiger partial charge in [-0.25, -0.2) is 13.6 Å². The van der Waals surface area contributed by atoms with Crippen LogP contribution in [0.15, 0.2) is 18.9 Å². The number of carbonyl (C=O) groups is 1. The predicted octanol–water partition coefficient (Wildman–Crippen LogP) is 1.70. The lowest BCUT2D eigenvalue weighted by Gasteiger charge is -2.04. The van der Waals surface area contributed by atoms with Crippen LogP contribution < -0.4 is 0 Å². The Bertz CT molecular complexity index is 360. The predicted molar refractivity (Wildman–Crippen MR) is 44.3 cm³/mol. The van der Waals surface area contributed by atoms with Crippen LogP contribution in [0, 0.1) is 0 Å². The van der Waals surface area contributed by atoms with Gasteiger partial charge in [-0.1, -0.05) is 6.08 Å². The van der Waals surface area contributed by atoms with Gasteiger partial charge in [-0.2, -0.15) is 5.10 Å². The highest BCUT2D eigenvalue weighted by Crippen LogP contribution is 2.22. The number of halogens is 2. The van der Waals surface area contributed by atoms with Gasteiger partial charge in [-0.15, -0.1) is 6.58 Å². The molecule has 0 unspecified atom stereocenters. The third kappa shape index (κ3) is 1.78. The number of allylic oxidation sites excluding steroid dienone is 1. The van der Waals surface area contributed by atoms with Gasteiger partial charge in [-0.3, -0.25) is 4.68 Å². The van der Waals surface area contributed by atoms with Crippen molar-refractivity contribution in [1.29, 1.82) is 0 Å². The van der Waals surface area contributed by atoms with E-state index in [1.807, 2.05) is 0 Å². The molecule has 1 aromatic rings. The topological polar surface area (TPSA) is 55.1 Å². The lowest BCUT2D eigenvalue weighted by atomic mass is 10.2. The van der Waals surface area contributed by atoms with Crippen molar-refractivity contribution >= 4 is 5.97 Å². The van der Waals surface area contributed by atoms with Crippen LogP contribution in [0.2, 0.25) is 0 Å². The Morgan fingerprint density at radius 2 is 2.43 bits per heavy atom. The van der Waals surface area contributed by atoms with Crippen LogP contribution >= 0.6 is 0 Å². The zero-order valence-electron chi connectivity index (χ0n) is 7.15. The molecule has 14 heavy (non-hydrogen) atoms. The highest BCUT2D eigenvalue weighted by atomic mass is 19.3. The van der Waals surface area contributed by atoms with Gasteiger partial charge >= 0.3 is 5.97 Å². The van der Waals surface area contributed by atoms with Crippen LogP contribution in [0.5, 0.6) is 0 Å². The molecule has 0 atom stereocenters. The molecule has 0 amide bonds. The summed E-state index contributed by atoms with van der Waals surface area (Å²) in [5.74, 6) is -1.41. The van der Waals surface area contributed by atoms with E-state index in [0.717, 1.165) is 10.9 Å². The third-order valence-corrected chi connectivity index (χ3v) is 1.62. The van der Waals surface area contributed by atoms with Crippen molar-refractivity contribution in [3.63, 3.8) is 0 Å². The second-order valence-electron chi connectivity index (χ2n) is 2.52. The summed E-state index contributed by atoms with van der Waals surface area (Å²) in [5, 5.41) is 12.1. The van der Waals surface area contributed by atoms with Crippen LogP contribution in [0.4, 0.5) is 8.78 Å². The Balaban J connectivity index is 3.19. The van der Waals surface area contributed by atoms with E-state index in [-0.39, 0.29) is 6.54 Å². The molecule has 76 valence electrons. The summed E-state index contributed by atoms with van der Waals surface area (Å²) >= 11 is 0. The van der Waals surface area contributed by atoms with Crippen LogP contribution in [0.3, 0.4) is 0 Å². The number of hydrogen-bond donors (Lipinski definition) is 1. The second kappa shape index (κ2) is 3.99. The summed E-state index contributed by atoms with van der Waals surface area (Å²) in [6.07, 6.45) is -0.582. The maximum Gasteiger partial charge on any atom is 0.339 e. The van der Waals surface area contributed by atoms with Crippen molar-refractivity contribution < 1.29 is 18.7 Å². The second-order valence-corrected chi connectivity index (χ2v) is 2.52.